The molecule has 1 aromatic rings. The van der Waals surface area contributed by atoms with Crippen molar-refractivity contribution < 1.29 is 0 Å². The fourth-order valence-electron chi connectivity index (χ4n) is 2.36. The molecule has 0 radical (unpaired) electrons. The number of anilines is 2. The van der Waals surface area contributed by atoms with Crippen molar-refractivity contribution in [2.75, 3.05) is 51.3 Å². The van der Waals surface area contributed by atoms with E-state index >= 15 is 0 Å². The molecule has 1 aliphatic heterocycles. The topological polar surface area (TPSA) is 70.3 Å². The van der Waals surface area contributed by atoms with E-state index in [4.69, 9.17) is 5.73 Å². The van der Waals surface area contributed by atoms with Crippen LogP contribution < -0.4 is 11.1 Å². The molecule has 106 valence electrons. The van der Waals surface area contributed by atoms with Gasteiger partial charge in [0.05, 0.1) is 0 Å². The van der Waals surface area contributed by atoms with Crippen molar-refractivity contribution in [3.8, 4) is 0 Å². The lowest BCUT2D eigenvalue weighted by Gasteiger charge is -2.37. The van der Waals surface area contributed by atoms with Crippen molar-refractivity contribution in [1.82, 2.24) is 19.8 Å². The van der Waals surface area contributed by atoms with E-state index in [1.165, 1.54) is 0 Å². The zero-order chi connectivity index (χ0) is 14.0. The third-order valence-electron chi connectivity index (χ3n) is 3.78. The molecule has 1 saturated heterocycles. The molecule has 6 heteroatoms. The monoisotopic (exact) mass is 264 g/mol. The largest absolute Gasteiger partial charge is 0.383 e. The Morgan fingerprint density at radius 3 is 2.74 bits per heavy atom. The lowest BCUT2D eigenvalue weighted by molar-refractivity contribution is 0.122. The number of nitrogens with zero attached hydrogens (tertiary/aromatic N) is 4. The minimum Gasteiger partial charge on any atom is -0.383 e. The first-order chi connectivity index (χ1) is 8.97. The van der Waals surface area contributed by atoms with Crippen molar-refractivity contribution in [2.45, 2.75) is 19.9 Å². The Balaban J connectivity index is 2.02. The Kier molecular flexibility index (Phi) is 4.21. The van der Waals surface area contributed by atoms with Crippen LogP contribution in [0.25, 0.3) is 0 Å². The second-order valence-corrected chi connectivity index (χ2v) is 5.41. The van der Waals surface area contributed by atoms with Crippen LogP contribution >= 0.6 is 0 Å². The molecule has 19 heavy (non-hydrogen) atoms. The summed E-state index contributed by atoms with van der Waals surface area (Å²) in [4.78, 5) is 13.3. The van der Waals surface area contributed by atoms with Gasteiger partial charge >= 0.3 is 0 Å². The summed E-state index contributed by atoms with van der Waals surface area (Å²) in [6, 6.07) is 0.495. The van der Waals surface area contributed by atoms with Gasteiger partial charge in [-0.25, -0.2) is 9.97 Å². The minimum absolute atomic E-state index is 0.495. The Hall–Kier alpha value is -1.40. The van der Waals surface area contributed by atoms with Gasteiger partial charge < -0.3 is 16.0 Å². The molecule has 1 atom stereocenters. The van der Waals surface area contributed by atoms with E-state index in [0.29, 0.717) is 17.7 Å². The first-order valence-corrected chi connectivity index (χ1v) is 6.70. The van der Waals surface area contributed by atoms with Crippen LogP contribution in [0.5, 0.6) is 0 Å². The Morgan fingerprint density at radius 1 is 1.26 bits per heavy atom. The highest BCUT2D eigenvalue weighted by Crippen LogP contribution is 2.17. The van der Waals surface area contributed by atoms with Crippen LogP contribution in [-0.2, 0) is 0 Å². The highest BCUT2D eigenvalue weighted by Gasteiger charge is 2.22. The molecule has 1 aromatic heterocycles. The lowest BCUT2D eigenvalue weighted by atomic mass is 10.2. The van der Waals surface area contributed by atoms with Gasteiger partial charge in [-0.1, -0.05) is 0 Å². The molecular weight excluding hydrogens is 240 g/mol. The third kappa shape index (κ3) is 3.33. The van der Waals surface area contributed by atoms with Crippen LogP contribution in [0.15, 0.2) is 0 Å². The first kappa shape index (κ1) is 14.0. The molecule has 0 amide bonds. The zero-order valence-electron chi connectivity index (χ0n) is 12.3. The molecule has 1 unspecified atom stereocenters. The van der Waals surface area contributed by atoms with Gasteiger partial charge in [0.2, 0.25) is 0 Å². The number of rotatable bonds is 3. The zero-order valence-corrected chi connectivity index (χ0v) is 12.3. The van der Waals surface area contributed by atoms with Crippen LogP contribution in [0.2, 0.25) is 0 Å². The maximum absolute atomic E-state index is 5.87. The Bertz CT molecular complexity index is 447. The quantitative estimate of drug-likeness (QED) is 0.820. The number of hydrogen-bond acceptors (Lipinski definition) is 6. The van der Waals surface area contributed by atoms with Crippen molar-refractivity contribution in [2.24, 2.45) is 0 Å². The number of nitrogens with one attached hydrogen (secondary N) is 1. The van der Waals surface area contributed by atoms with Gasteiger partial charge in [-0.05, 0) is 27.9 Å². The van der Waals surface area contributed by atoms with Gasteiger partial charge in [0.15, 0.2) is 0 Å². The molecule has 1 fully saturated rings. The van der Waals surface area contributed by atoms with Gasteiger partial charge in [0.1, 0.15) is 17.5 Å². The molecule has 2 heterocycles. The van der Waals surface area contributed by atoms with E-state index in [-0.39, 0.29) is 0 Å². The number of nitrogen functional groups attached to an aromatic ring is 1. The Labute approximate surface area is 115 Å². The highest BCUT2D eigenvalue weighted by molar-refractivity contribution is 5.54. The van der Waals surface area contributed by atoms with Crippen LogP contribution in [0.1, 0.15) is 11.4 Å². The van der Waals surface area contributed by atoms with E-state index in [2.05, 4.69) is 39.2 Å². The minimum atomic E-state index is 0.495. The number of aryl methyl sites for hydroxylation is 1. The molecule has 0 aromatic carbocycles. The van der Waals surface area contributed by atoms with Gasteiger partial charge in [-0.15, -0.1) is 0 Å². The fraction of sp³-hybridized carbons (Fsp3) is 0.692. The van der Waals surface area contributed by atoms with Crippen molar-refractivity contribution in [3.05, 3.63) is 11.4 Å². The summed E-state index contributed by atoms with van der Waals surface area (Å²) < 4.78 is 0. The molecule has 2 rings (SSSR count). The van der Waals surface area contributed by atoms with E-state index in [0.717, 1.165) is 37.6 Å². The maximum atomic E-state index is 5.87. The van der Waals surface area contributed by atoms with Gasteiger partial charge in [0.25, 0.3) is 0 Å². The fourth-order valence-corrected chi connectivity index (χ4v) is 2.36. The van der Waals surface area contributed by atoms with Crippen LogP contribution in [-0.4, -0.2) is 66.1 Å². The second kappa shape index (κ2) is 5.71. The van der Waals surface area contributed by atoms with E-state index in [9.17, 15) is 0 Å². The molecule has 1 aliphatic rings. The number of nitrogens with two attached hydrogens (primary N) is 1. The standard InChI is InChI=1S/C13H24N6/c1-9-12(14)16-10(2)17-13(9)15-7-11-8-18(3)5-6-19(11)4/h11H,5-8H2,1-4H3,(H3,14,15,16,17). The average molecular weight is 264 g/mol. The number of aromatic nitrogens is 2. The second-order valence-electron chi connectivity index (χ2n) is 5.41. The van der Waals surface area contributed by atoms with Crippen molar-refractivity contribution in [3.63, 3.8) is 0 Å². The van der Waals surface area contributed by atoms with E-state index in [1.54, 1.807) is 0 Å². The summed E-state index contributed by atoms with van der Waals surface area (Å²) >= 11 is 0. The smallest absolute Gasteiger partial charge is 0.134 e. The SMILES string of the molecule is Cc1nc(N)c(C)c(NCC2CN(C)CCN2C)n1. The van der Waals surface area contributed by atoms with E-state index < -0.39 is 0 Å². The van der Waals surface area contributed by atoms with Crippen LogP contribution in [0.3, 0.4) is 0 Å². The molecule has 3 N–H and O–H groups in total. The molecule has 0 saturated carbocycles. The number of likely N-dealkylation sites (N-methyl/N-ethyl adjacent to an activating group) is 2. The molecule has 0 spiro atoms. The van der Waals surface area contributed by atoms with Crippen molar-refractivity contribution in [1.29, 1.82) is 0 Å². The molecule has 6 nitrogen and oxygen atoms in total. The predicted octanol–water partition coefficient (Wildman–Crippen LogP) is 0.333. The maximum Gasteiger partial charge on any atom is 0.134 e. The molecular formula is C13H24N6. The summed E-state index contributed by atoms with van der Waals surface area (Å²) in [6.45, 7) is 7.99. The predicted molar refractivity (Wildman–Crippen MR) is 78.3 cm³/mol. The summed E-state index contributed by atoms with van der Waals surface area (Å²) in [5, 5.41) is 3.42. The summed E-state index contributed by atoms with van der Waals surface area (Å²) in [6.07, 6.45) is 0. The average Bonchev–Trinajstić information content (AvgIpc) is 2.35. The van der Waals surface area contributed by atoms with Gasteiger partial charge in [-0.3, -0.25) is 4.90 Å². The highest BCUT2D eigenvalue weighted by atomic mass is 15.3. The third-order valence-corrected chi connectivity index (χ3v) is 3.78. The first-order valence-electron chi connectivity index (χ1n) is 6.70. The summed E-state index contributed by atoms with van der Waals surface area (Å²) in [7, 11) is 4.34. The summed E-state index contributed by atoms with van der Waals surface area (Å²) in [5.41, 5.74) is 6.80. The molecule has 0 bridgehead atoms. The number of hydrogen-bond donors (Lipinski definition) is 2. The van der Waals surface area contributed by atoms with Gasteiger partial charge in [0, 0.05) is 37.8 Å². The van der Waals surface area contributed by atoms with Crippen LogP contribution in [0.4, 0.5) is 11.6 Å². The van der Waals surface area contributed by atoms with E-state index in [1.807, 2.05) is 13.8 Å². The summed E-state index contributed by atoms with van der Waals surface area (Å²) in [5.74, 6) is 2.12. The normalized spacial score (nSPS) is 21.6. The lowest BCUT2D eigenvalue weighted by Crippen LogP contribution is -2.52. The van der Waals surface area contributed by atoms with Crippen molar-refractivity contribution >= 4 is 11.6 Å². The Morgan fingerprint density at radius 2 is 2.00 bits per heavy atom. The van der Waals surface area contributed by atoms with Crippen LogP contribution in [0, 0.1) is 13.8 Å². The van der Waals surface area contributed by atoms with Gasteiger partial charge in [-0.2, -0.15) is 0 Å². The molecule has 0 aliphatic carbocycles. The number of piperazine rings is 1.